The molecule has 4 nitrogen and oxygen atoms in total. The predicted molar refractivity (Wildman–Crippen MR) is 107 cm³/mol. The fraction of sp³-hybridized carbons (Fsp3) is 0.111. The number of thiocarbonyl (C=S) groups is 1. The van der Waals surface area contributed by atoms with E-state index in [1.807, 2.05) is 48.5 Å². The lowest BCUT2D eigenvalue weighted by molar-refractivity contribution is 0.0981. The van der Waals surface area contributed by atoms with E-state index in [4.69, 9.17) is 28.6 Å². The van der Waals surface area contributed by atoms with Crippen LogP contribution in [0.4, 0.5) is 0 Å². The van der Waals surface area contributed by atoms with Gasteiger partial charge in [0.15, 0.2) is 5.11 Å². The van der Waals surface area contributed by atoms with Crippen molar-refractivity contribution < 1.29 is 9.53 Å². The minimum atomic E-state index is -0.323. The second-order valence-corrected chi connectivity index (χ2v) is 7.07. The number of fused-ring (bicyclic) bond motifs is 1. The van der Waals surface area contributed by atoms with Crippen molar-refractivity contribution in [3.63, 3.8) is 0 Å². The summed E-state index contributed by atoms with van der Waals surface area (Å²) in [5.41, 5.74) is 1.08. The Hall–Kier alpha value is -2.15. The number of rotatable bonds is 4. The average Bonchev–Trinajstić information content (AvgIpc) is 2.97. The first-order valence-corrected chi connectivity index (χ1v) is 9.08. The lowest BCUT2D eigenvalue weighted by atomic mass is 10.2. The van der Waals surface area contributed by atoms with Gasteiger partial charge in [-0.05, 0) is 36.0 Å². The van der Waals surface area contributed by atoms with Crippen molar-refractivity contribution in [3.8, 4) is 5.75 Å². The van der Waals surface area contributed by atoms with Crippen LogP contribution in [-0.2, 0) is 6.54 Å². The molecule has 3 aromatic rings. The molecular formula is C18H15ClN2O2S2. The Bertz CT molecular complexity index is 925. The Balaban J connectivity index is 1.69. The Morgan fingerprint density at radius 3 is 2.72 bits per heavy atom. The second kappa shape index (κ2) is 7.82. The molecule has 2 N–H and O–H groups in total. The molecule has 0 aliphatic carbocycles. The van der Waals surface area contributed by atoms with E-state index in [0.29, 0.717) is 16.4 Å². The summed E-state index contributed by atoms with van der Waals surface area (Å²) < 4.78 is 6.09. The lowest BCUT2D eigenvalue weighted by Crippen LogP contribution is -2.38. The number of hydrogen-bond acceptors (Lipinski definition) is 4. The number of halogens is 1. The molecule has 0 fully saturated rings. The van der Waals surface area contributed by atoms with Gasteiger partial charge in [-0.25, -0.2) is 0 Å². The molecule has 0 saturated carbocycles. The zero-order chi connectivity index (χ0) is 17.8. The summed E-state index contributed by atoms with van der Waals surface area (Å²) in [4.78, 5) is 12.9. The van der Waals surface area contributed by atoms with Gasteiger partial charge in [0.25, 0.3) is 5.91 Å². The third-order valence-electron chi connectivity index (χ3n) is 3.57. The fourth-order valence-electron chi connectivity index (χ4n) is 2.30. The normalized spacial score (nSPS) is 10.5. The molecule has 1 heterocycles. The zero-order valence-corrected chi connectivity index (χ0v) is 15.7. The highest BCUT2D eigenvalue weighted by Gasteiger charge is 2.18. The van der Waals surface area contributed by atoms with Crippen LogP contribution in [0.15, 0.2) is 48.5 Å². The van der Waals surface area contributed by atoms with E-state index in [2.05, 4.69) is 10.6 Å². The molecule has 0 atom stereocenters. The van der Waals surface area contributed by atoms with E-state index in [0.717, 1.165) is 21.4 Å². The number of methoxy groups -OCH3 is 1. The molecule has 0 aliphatic heterocycles. The van der Waals surface area contributed by atoms with Crippen molar-refractivity contribution in [2.24, 2.45) is 0 Å². The van der Waals surface area contributed by atoms with E-state index < -0.39 is 0 Å². The molecule has 25 heavy (non-hydrogen) atoms. The molecule has 0 aliphatic rings. The van der Waals surface area contributed by atoms with Gasteiger partial charge in [-0.3, -0.25) is 10.1 Å². The molecule has 0 saturated heterocycles. The smallest absolute Gasteiger partial charge is 0.269 e. The maximum absolute atomic E-state index is 12.5. The quantitative estimate of drug-likeness (QED) is 0.649. The number of thiophene rings is 1. The van der Waals surface area contributed by atoms with Crippen LogP contribution >= 0.6 is 35.2 Å². The van der Waals surface area contributed by atoms with Crippen LogP contribution in [0.25, 0.3) is 10.1 Å². The van der Waals surface area contributed by atoms with Gasteiger partial charge in [0, 0.05) is 16.6 Å². The third kappa shape index (κ3) is 4.10. The highest BCUT2D eigenvalue weighted by atomic mass is 35.5. The standard InChI is InChI=1S/C18H15ClN2O2S2/c1-23-12-7-8-13-14(9-12)25-16(15(13)19)17(22)21-18(24)20-10-11-5-3-2-4-6-11/h2-9H,10H2,1H3,(H2,20,21,22,24). The largest absolute Gasteiger partial charge is 0.497 e. The molecule has 0 unspecified atom stereocenters. The molecule has 128 valence electrons. The van der Waals surface area contributed by atoms with Crippen LogP contribution in [0.1, 0.15) is 15.2 Å². The van der Waals surface area contributed by atoms with Crippen molar-refractivity contribution >= 4 is 56.3 Å². The molecular weight excluding hydrogens is 376 g/mol. The van der Waals surface area contributed by atoms with Gasteiger partial charge in [0.1, 0.15) is 10.6 Å². The summed E-state index contributed by atoms with van der Waals surface area (Å²) in [6, 6.07) is 15.3. The van der Waals surface area contributed by atoms with Gasteiger partial charge in [-0.15, -0.1) is 11.3 Å². The second-order valence-electron chi connectivity index (χ2n) is 5.23. The van der Waals surface area contributed by atoms with Crippen molar-refractivity contribution in [1.82, 2.24) is 10.6 Å². The van der Waals surface area contributed by atoms with Crippen LogP contribution in [0.2, 0.25) is 5.02 Å². The zero-order valence-electron chi connectivity index (χ0n) is 13.3. The van der Waals surface area contributed by atoms with Gasteiger partial charge in [-0.2, -0.15) is 0 Å². The summed E-state index contributed by atoms with van der Waals surface area (Å²) in [7, 11) is 1.60. The maximum Gasteiger partial charge on any atom is 0.269 e. The Labute approximate surface area is 159 Å². The lowest BCUT2D eigenvalue weighted by Gasteiger charge is -2.09. The van der Waals surface area contributed by atoms with Crippen LogP contribution in [-0.4, -0.2) is 18.1 Å². The number of hydrogen-bond donors (Lipinski definition) is 2. The summed E-state index contributed by atoms with van der Waals surface area (Å²) in [5.74, 6) is 0.396. The Kier molecular flexibility index (Phi) is 5.53. The minimum absolute atomic E-state index is 0.264. The molecule has 1 amide bonds. The van der Waals surface area contributed by atoms with Gasteiger partial charge < -0.3 is 10.1 Å². The molecule has 0 radical (unpaired) electrons. The molecule has 0 spiro atoms. The van der Waals surface area contributed by atoms with Crippen molar-refractivity contribution in [2.45, 2.75) is 6.54 Å². The van der Waals surface area contributed by atoms with E-state index >= 15 is 0 Å². The summed E-state index contributed by atoms with van der Waals surface area (Å²) >= 11 is 12.8. The monoisotopic (exact) mass is 390 g/mol. The van der Waals surface area contributed by atoms with Crippen LogP contribution < -0.4 is 15.4 Å². The summed E-state index contributed by atoms with van der Waals surface area (Å²) in [5, 5.41) is 7.19. The third-order valence-corrected chi connectivity index (χ3v) is 5.47. The van der Waals surface area contributed by atoms with Crippen LogP contribution in [0.3, 0.4) is 0 Å². The number of carbonyl (C=O) groups excluding carboxylic acids is 1. The van der Waals surface area contributed by atoms with Gasteiger partial charge in [0.2, 0.25) is 0 Å². The Morgan fingerprint density at radius 1 is 1.24 bits per heavy atom. The van der Waals surface area contributed by atoms with Crippen LogP contribution in [0, 0.1) is 0 Å². The highest BCUT2D eigenvalue weighted by molar-refractivity contribution is 7.80. The van der Waals surface area contributed by atoms with Gasteiger partial charge >= 0.3 is 0 Å². The van der Waals surface area contributed by atoms with E-state index in [-0.39, 0.29) is 11.0 Å². The topological polar surface area (TPSA) is 50.4 Å². The Morgan fingerprint density at radius 2 is 2.00 bits per heavy atom. The molecule has 2 aromatic carbocycles. The number of carbonyl (C=O) groups is 1. The van der Waals surface area contributed by atoms with Gasteiger partial charge in [-0.1, -0.05) is 41.9 Å². The first kappa shape index (κ1) is 17.7. The average molecular weight is 391 g/mol. The van der Waals surface area contributed by atoms with E-state index in [1.54, 1.807) is 7.11 Å². The fourth-order valence-corrected chi connectivity index (χ4v) is 3.91. The number of benzene rings is 2. The number of ether oxygens (including phenoxy) is 1. The molecule has 3 rings (SSSR count). The van der Waals surface area contributed by atoms with Crippen LogP contribution in [0.5, 0.6) is 5.75 Å². The predicted octanol–water partition coefficient (Wildman–Crippen LogP) is 4.37. The summed E-state index contributed by atoms with van der Waals surface area (Å²) in [6.07, 6.45) is 0. The summed E-state index contributed by atoms with van der Waals surface area (Å²) in [6.45, 7) is 0.539. The van der Waals surface area contributed by atoms with E-state index in [9.17, 15) is 4.79 Å². The first-order valence-electron chi connectivity index (χ1n) is 7.47. The maximum atomic E-state index is 12.5. The SMILES string of the molecule is COc1ccc2c(Cl)c(C(=O)NC(=S)NCc3ccccc3)sc2c1. The first-order chi connectivity index (χ1) is 12.1. The number of nitrogens with one attached hydrogen (secondary N) is 2. The van der Waals surface area contributed by atoms with Gasteiger partial charge in [0.05, 0.1) is 12.1 Å². The van der Waals surface area contributed by atoms with Crippen molar-refractivity contribution in [1.29, 1.82) is 0 Å². The van der Waals surface area contributed by atoms with Crippen molar-refractivity contribution in [2.75, 3.05) is 7.11 Å². The highest BCUT2D eigenvalue weighted by Crippen LogP contribution is 2.37. The molecule has 1 aromatic heterocycles. The molecule has 0 bridgehead atoms. The minimum Gasteiger partial charge on any atom is -0.497 e. The molecule has 7 heteroatoms. The van der Waals surface area contributed by atoms with Crippen molar-refractivity contribution in [3.05, 3.63) is 64.0 Å². The number of amides is 1. The van der Waals surface area contributed by atoms with E-state index in [1.165, 1.54) is 11.3 Å².